The lowest BCUT2D eigenvalue weighted by molar-refractivity contribution is -0.121. The van der Waals surface area contributed by atoms with Crippen molar-refractivity contribution < 1.29 is 19.5 Å². The SMILES string of the molecule is Cc1noc(C)c1CC(=O)NCC(O)CO. The number of aryl methyl sites for hydroxylation is 2. The third kappa shape index (κ3) is 3.32. The molecule has 0 aliphatic rings. The number of hydrogen-bond acceptors (Lipinski definition) is 5. The topological polar surface area (TPSA) is 95.6 Å². The van der Waals surface area contributed by atoms with Gasteiger partial charge in [-0.05, 0) is 13.8 Å². The predicted octanol–water partition coefficient (Wildman–Crippen LogP) is -0.697. The van der Waals surface area contributed by atoms with E-state index in [0.29, 0.717) is 11.5 Å². The van der Waals surface area contributed by atoms with Crippen LogP contribution in [0, 0.1) is 13.8 Å². The lowest BCUT2D eigenvalue weighted by Crippen LogP contribution is -2.34. The molecule has 1 unspecified atom stereocenters. The van der Waals surface area contributed by atoms with Gasteiger partial charge >= 0.3 is 0 Å². The molecule has 16 heavy (non-hydrogen) atoms. The minimum absolute atomic E-state index is 0.0404. The number of aliphatic hydroxyl groups is 2. The predicted molar refractivity (Wildman–Crippen MR) is 55.8 cm³/mol. The van der Waals surface area contributed by atoms with Crippen molar-refractivity contribution in [2.75, 3.05) is 13.2 Å². The van der Waals surface area contributed by atoms with Crippen molar-refractivity contribution in [3.63, 3.8) is 0 Å². The van der Waals surface area contributed by atoms with E-state index < -0.39 is 6.10 Å². The molecule has 0 aliphatic heterocycles. The first-order chi connectivity index (χ1) is 7.54. The van der Waals surface area contributed by atoms with Gasteiger partial charge in [0.05, 0.1) is 24.8 Å². The highest BCUT2D eigenvalue weighted by Crippen LogP contribution is 2.12. The number of amides is 1. The number of aromatic nitrogens is 1. The second-order valence-corrected chi connectivity index (χ2v) is 3.62. The van der Waals surface area contributed by atoms with E-state index in [9.17, 15) is 4.79 Å². The van der Waals surface area contributed by atoms with Crippen LogP contribution in [0.4, 0.5) is 0 Å². The number of aliphatic hydroxyl groups excluding tert-OH is 2. The summed E-state index contributed by atoms with van der Waals surface area (Å²) in [4.78, 5) is 11.5. The van der Waals surface area contributed by atoms with Crippen molar-refractivity contribution >= 4 is 5.91 Å². The van der Waals surface area contributed by atoms with Gasteiger partial charge in [-0.2, -0.15) is 0 Å². The summed E-state index contributed by atoms with van der Waals surface area (Å²) in [7, 11) is 0. The molecule has 6 heteroatoms. The molecular formula is C10H16N2O4. The van der Waals surface area contributed by atoms with Gasteiger partial charge in [-0.3, -0.25) is 4.79 Å². The minimum Gasteiger partial charge on any atom is -0.394 e. The van der Waals surface area contributed by atoms with Crippen LogP contribution < -0.4 is 5.32 Å². The van der Waals surface area contributed by atoms with Gasteiger partial charge in [0.15, 0.2) is 0 Å². The largest absolute Gasteiger partial charge is 0.394 e. The molecule has 1 aromatic rings. The lowest BCUT2D eigenvalue weighted by atomic mass is 10.1. The summed E-state index contributed by atoms with van der Waals surface area (Å²) in [5.41, 5.74) is 1.45. The highest BCUT2D eigenvalue weighted by atomic mass is 16.5. The second kappa shape index (κ2) is 5.62. The standard InChI is InChI=1S/C10H16N2O4/c1-6-9(7(2)16-12-6)3-10(15)11-4-8(14)5-13/h8,13-14H,3-5H2,1-2H3,(H,11,15). The summed E-state index contributed by atoms with van der Waals surface area (Å²) in [6, 6.07) is 0. The van der Waals surface area contributed by atoms with E-state index in [1.165, 1.54) is 0 Å². The second-order valence-electron chi connectivity index (χ2n) is 3.62. The molecule has 0 aliphatic carbocycles. The zero-order valence-electron chi connectivity index (χ0n) is 9.36. The van der Waals surface area contributed by atoms with Crippen molar-refractivity contribution in [3.8, 4) is 0 Å². The van der Waals surface area contributed by atoms with E-state index in [1.807, 2.05) is 0 Å². The van der Waals surface area contributed by atoms with Crippen LogP contribution in [-0.4, -0.2) is 40.5 Å². The number of carbonyl (C=O) groups is 1. The molecule has 0 saturated heterocycles. The Morgan fingerprint density at radius 1 is 1.56 bits per heavy atom. The van der Waals surface area contributed by atoms with Crippen LogP contribution in [0.2, 0.25) is 0 Å². The Hall–Kier alpha value is -1.40. The first kappa shape index (κ1) is 12.7. The Bertz CT molecular complexity index is 342. The van der Waals surface area contributed by atoms with Gasteiger partial charge in [0.1, 0.15) is 5.76 Å². The van der Waals surface area contributed by atoms with E-state index in [1.54, 1.807) is 13.8 Å². The van der Waals surface area contributed by atoms with Crippen LogP contribution in [0.1, 0.15) is 17.0 Å². The van der Waals surface area contributed by atoms with Crippen LogP contribution in [0.5, 0.6) is 0 Å². The van der Waals surface area contributed by atoms with Crippen molar-refractivity contribution in [2.24, 2.45) is 0 Å². The van der Waals surface area contributed by atoms with Crippen LogP contribution >= 0.6 is 0 Å². The molecule has 1 atom stereocenters. The summed E-state index contributed by atoms with van der Waals surface area (Å²) in [5, 5.41) is 23.9. The zero-order chi connectivity index (χ0) is 12.1. The third-order valence-corrected chi connectivity index (χ3v) is 2.26. The molecule has 90 valence electrons. The summed E-state index contributed by atoms with van der Waals surface area (Å²) >= 11 is 0. The van der Waals surface area contributed by atoms with E-state index in [2.05, 4.69) is 10.5 Å². The Kier molecular flexibility index (Phi) is 4.45. The van der Waals surface area contributed by atoms with Crippen LogP contribution in [-0.2, 0) is 11.2 Å². The number of carbonyl (C=O) groups excluding carboxylic acids is 1. The molecule has 1 aromatic heterocycles. The van der Waals surface area contributed by atoms with E-state index >= 15 is 0 Å². The maximum atomic E-state index is 11.5. The number of nitrogens with zero attached hydrogens (tertiary/aromatic N) is 1. The van der Waals surface area contributed by atoms with Crippen molar-refractivity contribution in [2.45, 2.75) is 26.4 Å². The molecule has 1 rings (SSSR count). The van der Waals surface area contributed by atoms with E-state index in [0.717, 1.165) is 5.56 Å². The van der Waals surface area contributed by atoms with Crippen molar-refractivity contribution in [1.82, 2.24) is 10.5 Å². The van der Waals surface area contributed by atoms with Gasteiger partial charge in [0.25, 0.3) is 0 Å². The summed E-state index contributed by atoms with van der Waals surface area (Å²) in [5.74, 6) is 0.386. The van der Waals surface area contributed by atoms with Crippen molar-refractivity contribution in [1.29, 1.82) is 0 Å². The number of hydrogen-bond donors (Lipinski definition) is 3. The van der Waals surface area contributed by atoms with Gasteiger partial charge < -0.3 is 20.1 Å². The summed E-state index contributed by atoms with van der Waals surface area (Å²) < 4.78 is 4.92. The number of nitrogens with one attached hydrogen (secondary N) is 1. The summed E-state index contributed by atoms with van der Waals surface area (Å²) in [6.07, 6.45) is -0.757. The minimum atomic E-state index is -0.923. The van der Waals surface area contributed by atoms with Crippen LogP contribution in [0.25, 0.3) is 0 Å². The van der Waals surface area contributed by atoms with E-state index in [-0.39, 0.29) is 25.5 Å². The molecule has 0 aromatic carbocycles. The highest BCUT2D eigenvalue weighted by molar-refractivity contribution is 5.79. The Balaban J connectivity index is 2.46. The Morgan fingerprint density at radius 2 is 2.25 bits per heavy atom. The molecule has 1 amide bonds. The van der Waals surface area contributed by atoms with Gasteiger partial charge in [0, 0.05) is 12.1 Å². The summed E-state index contributed by atoms with van der Waals surface area (Å²) in [6.45, 7) is 3.18. The third-order valence-electron chi connectivity index (χ3n) is 2.26. The average Bonchev–Trinajstić information content (AvgIpc) is 2.57. The molecule has 3 N–H and O–H groups in total. The van der Waals surface area contributed by atoms with Gasteiger partial charge in [0.2, 0.25) is 5.91 Å². The van der Waals surface area contributed by atoms with Crippen LogP contribution in [0.3, 0.4) is 0 Å². The zero-order valence-corrected chi connectivity index (χ0v) is 9.36. The molecule has 6 nitrogen and oxygen atoms in total. The maximum absolute atomic E-state index is 11.5. The van der Waals surface area contributed by atoms with Gasteiger partial charge in [-0.25, -0.2) is 0 Å². The first-order valence-electron chi connectivity index (χ1n) is 5.02. The molecule has 0 saturated carbocycles. The molecule has 0 fully saturated rings. The fraction of sp³-hybridized carbons (Fsp3) is 0.600. The monoisotopic (exact) mass is 228 g/mol. The Labute approximate surface area is 93.3 Å². The maximum Gasteiger partial charge on any atom is 0.224 e. The smallest absolute Gasteiger partial charge is 0.224 e. The van der Waals surface area contributed by atoms with E-state index in [4.69, 9.17) is 14.7 Å². The van der Waals surface area contributed by atoms with Crippen molar-refractivity contribution in [3.05, 3.63) is 17.0 Å². The fourth-order valence-corrected chi connectivity index (χ4v) is 1.27. The molecule has 1 heterocycles. The van der Waals surface area contributed by atoms with Crippen LogP contribution in [0.15, 0.2) is 4.52 Å². The first-order valence-corrected chi connectivity index (χ1v) is 5.02. The Morgan fingerprint density at radius 3 is 2.75 bits per heavy atom. The quantitative estimate of drug-likeness (QED) is 0.619. The molecular weight excluding hydrogens is 212 g/mol. The molecule has 0 radical (unpaired) electrons. The fourth-order valence-electron chi connectivity index (χ4n) is 1.27. The normalized spacial score (nSPS) is 12.5. The average molecular weight is 228 g/mol. The van der Waals surface area contributed by atoms with Gasteiger partial charge in [-0.1, -0.05) is 5.16 Å². The molecule has 0 spiro atoms. The number of rotatable bonds is 5. The highest BCUT2D eigenvalue weighted by Gasteiger charge is 2.13. The van der Waals surface area contributed by atoms with Gasteiger partial charge in [-0.15, -0.1) is 0 Å². The molecule has 0 bridgehead atoms. The lowest BCUT2D eigenvalue weighted by Gasteiger charge is -2.08.